The van der Waals surface area contributed by atoms with Crippen molar-refractivity contribution in [1.29, 1.82) is 0 Å². The predicted octanol–water partition coefficient (Wildman–Crippen LogP) is 3.30. The van der Waals surface area contributed by atoms with E-state index in [-0.39, 0.29) is 17.4 Å². The van der Waals surface area contributed by atoms with Crippen LogP contribution in [0.5, 0.6) is 0 Å². The average molecular weight is 482 g/mol. The molecule has 0 radical (unpaired) electrons. The number of likely N-dealkylation sites (tertiary alicyclic amines) is 1. The van der Waals surface area contributed by atoms with Crippen LogP contribution < -0.4 is 5.56 Å². The Hall–Kier alpha value is -3.29. The highest BCUT2D eigenvalue weighted by molar-refractivity contribution is 6.11. The van der Waals surface area contributed by atoms with Crippen molar-refractivity contribution < 1.29 is 18.8 Å². The fourth-order valence-corrected chi connectivity index (χ4v) is 4.73. The summed E-state index contributed by atoms with van der Waals surface area (Å²) in [5.74, 6) is -0.914. The van der Waals surface area contributed by atoms with Crippen LogP contribution in [-0.4, -0.2) is 58.1 Å². The lowest BCUT2D eigenvalue weighted by atomic mass is 9.93. The molecule has 1 atom stereocenters. The molecule has 2 amide bonds. The molecule has 1 saturated heterocycles. The van der Waals surface area contributed by atoms with Crippen molar-refractivity contribution in [2.75, 3.05) is 26.2 Å². The number of amides is 2. The standard InChI is InChI=1S/C27H32FN3O4/c1-2-14-30(18-19-6-7-19)26(34)21-12-16-29(17-13-21)27(35)24(31-15-4-3-5-23(31)32)25(33)20-8-10-22(28)11-9-20/h3-5,8-11,15,19,21,24H,2,6-7,12-14,16-18H2,1H3. The third kappa shape index (κ3) is 5.86. The van der Waals surface area contributed by atoms with Gasteiger partial charge in [-0.3, -0.25) is 23.7 Å². The third-order valence-electron chi connectivity index (χ3n) is 6.88. The van der Waals surface area contributed by atoms with Crippen molar-refractivity contribution in [3.05, 3.63) is 70.4 Å². The van der Waals surface area contributed by atoms with E-state index in [1.807, 2.05) is 4.90 Å². The van der Waals surface area contributed by atoms with E-state index < -0.39 is 29.1 Å². The molecule has 0 spiro atoms. The molecule has 0 bridgehead atoms. The molecule has 4 rings (SSSR count). The second-order valence-corrected chi connectivity index (χ2v) is 9.55. The minimum atomic E-state index is -1.38. The van der Waals surface area contributed by atoms with Gasteiger partial charge < -0.3 is 9.80 Å². The molecule has 1 aliphatic heterocycles. The highest BCUT2D eigenvalue weighted by atomic mass is 19.1. The van der Waals surface area contributed by atoms with Crippen molar-refractivity contribution in [2.45, 2.75) is 45.1 Å². The van der Waals surface area contributed by atoms with Gasteiger partial charge in [-0.15, -0.1) is 0 Å². The van der Waals surface area contributed by atoms with Crippen LogP contribution in [0, 0.1) is 17.7 Å². The molecule has 2 fully saturated rings. The number of benzene rings is 1. The smallest absolute Gasteiger partial charge is 0.253 e. The Bertz CT molecular complexity index is 1120. The van der Waals surface area contributed by atoms with Gasteiger partial charge in [0.15, 0.2) is 11.8 Å². The van der Waals surface area contributed by atoms with Gasteiger partial charge in [0.1, 0.15) is 5.82 Å². The number of halogens is 1. The second-order valence-electron chi connectivity index (χ2n) is 9.55. The van der Waals surface area contributed by atoms with Crippen molar-refractivity contribution in [3.8, 4) is 0 Å². The quantitative estimate of drug-likeness (QED) is 0.407. The monoisotopic (exact) mass is 481 g/mol. The first-order valence-corrected chi connectivity index (χ1v) is 12.4. The fourth-order valence-electron chi connectivity index (χ4n) is 4.73. The number of piperidine rings is 1. The summed E-state index contributed by atoms with van der Waals surface area (Å²) in [5.41, 5.74) is -0.317. The zero-order valence-electron chi connectivity index (χ0n) is 20.1. The SMILES string of the molecule is CCCN(CC1CC1)C(=O)C1CCN(C(=O)C(C(=O)c2ccc(F)cc2)n2ccccc2=O)CC1. The molecule has 1 aliphatic carbocycles. The van der Waals surface area contributed by atoms with E-state index in [2.05, 4.69) is 6.92 Å². The Balaban J connectivity index is 1.49. The van der Waals surface area contributed by atoms with Crippen LogP contribution in [-0.2, 0) is 9.59 Å². The van der Waals surface area contributed by atoms with E-state index in [0.29, 0.717) is 31.8 Å². The summed E-state index contributed by atoms with van der Waals surface area (Å²) in [6.45, 7) is 4.32. The zero-order valence-corrected chi connectivity index (χ0v) is 20.1. The number of aromatic nitrogens is 1. The van der Waals surface area contributed by atoms with E-state index in [9.17, 15) is 23.6 Å². The van der Waals surface area contributed by atoms with Crippen LogP contribution in [0.3, 0.4) is 0 Å². The van der Waals surface area contributed by atoms with Crippen LogP contribution in [0.15, 0.2) is 53.5 Å². The summed E-state index contributed by atoms with van der Waals surface area (Å²) in [7, 11) is 0. The van der Waals surface area contributed by atoms with E-state index in [1.165, 1.54) is 37.2 Å². The number of pyridine rings is 1. The lowest BCUT2D eigenvalue weighted by molar-refractivity contribution is -0.141. The number of ketones is 1. The first kappa shape index (κ1) is 24.8. The number of nitrogens with zero attached hydrogens (tertiary/aromatic N) is 3. The Morgan fingerprint density at radius 3 is 2.31 bits per heavy atom. The molecule has 1 aromatic heterocycles. The van der Waals surface area contributed by atoms with Crippen LogP contribution in [0.4, 0.5) is 4.39 Å². The molecular weight excluding hydrogens is 449 g/mol. The number of rotatable bonds is 9. The van der Waals surface area contributed by atoms with Crippen LogP contribution in [0.2, 0.25) is 0 Å². The maximum absolute atomic E-state index is 13.6. The first-order chi connectivity index (χ1) is 16.9. The van der Waals surface area contributed by atoms with Crippen molar-refractivity contribution in [2.24, 2.45) is 11.8 Å². The molecular formula is C27H32FN3O4. The van der Waals surface area contributed by atoms with E-state index in [1.54, 1.807) is 17.0 Å². The van der Waals surface area contributed by atoms with Gasteiger partial charge in [-0.1, -0.05) is 13.0 Å². The van der Waals surface area contributed by atoms with E-state index >= 15 is 0 Å². The fraction of sp³-hybridized carbons (Fsp3) is 0.481. The van der Waals surface area contributed by atoms with Gasteiger partial charge in [0.2, 0.25) is 5.91 Å². The highest BCUT2D eigenvalue weighted by Gasteiger charge is 2.37. The van der Waals surface area contributed by atoms with Gasteiger partial charge >= 0.3 is 0 Å². The lowest BCUT2D eigenvalue weighted by Gasteiger charge is -2.36. The van der Waals surface area contributed by atoms with E-state index in [0.717, 1.165) is 36.2 Å². The van der Waals surface area contributed by atoms with Gasteiger partial charge in [0, 0.05) is 49.9 Å². The van der Waals surface area contributed by atoms with Gasteiger partial charge in [0.05, 0.1) is 0 Å². The Kier molecular flexibility index (Phi) is 7.78. The minimum absolute atomic E-state index is 0.143. The topological polar surface area (TPSA) is 79.7 Å². The number of hydrogen-bond donors (Lipinski definition) is 0. The molecule has 1 unspecified atom stereocenters. The average Bonchev–Trinajstić information content (AvgIpc) is 3.69. The number of Topliss-reactive ketones (excluding diaryl/α,β-unsaturated/α-hetero) is 1. The van der Waals surface area contributed by atoms with Crippen LogP contribution >= 0.6 is 0 Å². The normalized spacial score (nSPS) is 17.1. The largest absolute Gasteiger partial charge is 0.342 e. The molecule has 0 N–H and O–H groups in total. The van der Waals surface area contributed by atoms with Crippen LogP contribution in [0.25, 0.3) is 0 Å². The minimum Gasteiger partial charge on any atom is -0.342 e. The van der Waals surface area contributed by atoms with Crippen molar-refractivity contribution >= 4 is 17.6 Å². The molecule has 2 aliphatic rings. The lowest BCUT2D eigenvalue weighted by Crippen LogP contribution is -2.49. The molecule has 1 saturated carbocycles. The molecule has 35 heavy (non-hydrogen) atoms. The van der Waals surface area contributed by atoms with Gasteiger partial charge in [0.25, 0.3) is 11.5 Å². The number of carbonyl (C=O) groups is 3. The van der Waals surface area contributed by atoms with E-state index in [4.69, 9.17) is 0 Å². The molecule has 7 nitrogen and oxygen atoms in total. The van der Waals surface area contributed by atoms with Crippen molar-refractivity contribution in [3.63, 3.8) is 0 Å². The Morgan fingerprint density at radius 1 is 1.03 bits per heavy atom. The molecule has 186 valence electrons. The first-order valence-electron chi connectivity index (χ1n) is 12.4. The van der Waals surface area contributed by atoms with Gasteiger partial charge in [-0.2, -0.15) is 0 Å². The zero-order chi connectivity index (χ0) is 24.9. The summed E-state index contributed by atoms with van der Waals surface area (Å²) >= 11 is 0. The molecule has 2 aromatic rings. The van der Waals surface area contributed by atoms with Gasteiger partial charge in [-0.05, 0) is 68.4 Å². The maximum Gasteiger partial charge on any atom is 0.253 e. The van der Waals surface area contributed by atoms with Crippen molar-refractivity contribution in [1.82, 2.24) is 14.4 Å². The predicted molar refractivity (Wildman–Crippen MR) is 129 cm³/mol. The third-order valence-corrected chi connectivity index (χ3v) is 6.88. The summed E-state index contributed by atoms with van der Waals surface area (Å²) in [6.07, 6.45) is 5.75. The summed E-state index contributed by atoms with van der Waals surface area (Å²) in [4.78, 5) is 56.1. The number of carbonyl (C=O) groups excluding carboxylic acids is 3. The van der Waals surface area contributed by atoms with Crippen LogP contribution in [0.1, 0.15) is 55.4 Å². The summed E-state index contributed by atoms with van der Waals surface area (Å²) in [6, 6.07) is 8.00. The molecule has 8 heteroatoms. The molecule has 1 aromatic carbocycles. The highest BCUT2D eigenvalue weighted by Crippen LogP contribution is 2.31. The Morgan fingerprint density at radius 2 is 1.71 bits per heavy atom. The number of hydrogen-bond acceptors (Lipinski definition) is 4. The molecule has 2 heterocycles. The summed E-state index contributed by atoms with van der Waals surface area (Å²) < 4.78 is 14.5. The van der Waals surface area contributed by atoms with Gasteiger partial charge in [-0.25, -0.2) is 4.39 Å². The summed E-state index contributed by atoms with van der Waals surface area (Å²) in [5, 5.41) is 0. The second kappa shape index (κ2) is 11.0. The Labute approximate surface area is 204 Å². The maximum atomic E-state index is 13.6.